The van der Waals surface area contributed by atoms with E-state index in [9.17, 15) is 0 Å². The first-order valence-electron chi connectivity index (χ1n) is 7.47. The van der Waals surface area contributed by atoms with Gasteiger partial charge in [-0.1, -0.05) is 39.7 Å². The lowest BCUT2D eigenvalue weighted by Gasteiger charge is -2.36. The molecule has 2 rings (SSSR count). The summed E-state index contributed by atoms with van der Waals surface area (Å²) >= 11 is 1.95. The van der Waals surface area contributed by atoms with Crippen molar-refractivity contribution in [2.45, 2.75) is 58.4 Å². The highest BCUT2D eigenvalue weighted by Gasteiger charge is 2.31. The molecule has 102 valence electrons. The maximum Gasteiger partial charge on any atom is 0.00795 e. The Morgan fingerprint density at radius 2 is 2.22 bits per heavy atom. The molecule has 2 heteroatoms. The minimum Gasteiger partial charge on any atom is -0.314 e. The van der Waals surface area contributed by atoms with Gasteiger partial charge in [-0.25, -0.2) is 0 Å². The van der Waals surface area contributed by atoms with E-state index >= 15 is 0 Å². The van der Waals surface area contributed by atoms with Crippen molar-refractivity contribution in [1.29, 1.82) is 0 Å². The smallest absolute Gasteiger partial charge is 0.00795 e. The summed E-state index contributed by atoms with van der Waals surface area (Å²) in [4.78, 5) is 1.61. The molecule has 3 unspecified atom stereocenters. The average Bonchev–Trinajstić information content (AvgIpc) is 2.89. The Labute approximate surface area is 116 Å². The molecule has 1 aromatic rings. The quantitative estimate of drug-likeness (QED) is 0.816. The Hall–Kier alpha value is -0.340. The molecule has 1 aromatic heterocycles. The second-order valence-corrected chi connectivity index (χ2v) is 7.01. The van der Waals surface area contributed by atoms with Crippen LogP contribution in [0.25, 0.3) is 0 Å². The van der Waals surface area contributed by atoms with Crippen LogP contribution in [0.15, 0.2) is 17.5 Å². The highest BCUT2D eigenvalue weighted by Crippen LogP contribution is 2.42. The summed E-state index contributed by atoms with van der Waals surface area (Å²) in [5, 5.41) is 5.88. The summed E-state index contributed by atoms with van der Waals surface area (Å²) in [5.41, 5.74) is 0. The zero-order valence-electron chi connectivity index (χ0n) is 12.0. The van der Waals surface area contributed by atoms with Gasteiger partial charge in [0.05, 0.1) is 0 Å². The third kappa shape index (κ3) is 3.58. The third-order valence-corrected chi connectivity index (χ3v) is 5.38. The molecule has 1 aliphatic carbocycles. The summed E-state index contributed by atoms with van der Waals surface area (Å²) in [6.07, 6.45) is 5.59. The van der Waals surface area contributed by atoms with Gasteiger partial charge in [-0.15, -0.1) is 11.3 Å². The summed E-state index contributed by atoms with van der Waals surface area (Å²) in [5.74, 6) is 2.59. The standard InChI is InChI=1S/C16H27NS/c1-4-13-7-8-14(11-17-12(2)3)15(10-13)16-6-5-9-18-16/h5-6,9,12-15,17H,4,7-8,10-11H2,1-3H3. The Morgan fingerprint density at radius 3 is 2.83 bits per heavy atom. The minimum atomic E-state index is 0.609. The van der Waals surface area contributed by atoms with Gasteiger partial charge < -0.3 is 5.32 Å². The summed E-state index contributed by atoms with van der Waals surface area (Å²) in [7, 11) is 0. The first-order valence-corrected chi connectivity index (χ1v) is 8.35. The highest BCUT2D eigenvalue weighted by molar-refractivity contribution is 7.10. The number of hydrogen-bond donors (Lipinski definition) is 1. The van der Waals surface area contributed by atoms with Crippen molar-refractivity contribution in [3.63, 3.8) is 0 Å². The SMILES string of the molecule is CCC1CCC(CNC(C)C)C(c2cccs2)C1. The predicted octanol–water partition coefficient (Wildman–Crippen LogP) is 4.66. The Kier molecular flexibility index (Phi) is 5.25. The van der Waals surface area contributed by atoms with E-state index in [0.29, 0.717) is 6.04 Å². The minimum absolute atomic E-state index is 0.609. The van der Waals surface area contributed by atoms with Crippen molar-refractivity contribution in [2.24, 2.45) is 11.8 Å². The number of hydrogen-bond acceptors (Lipinski definition) is 2. The maximum absolute atomic E-state index is 3.64. The fourth-order valence-corrected chi connectivity index (χ4v) is 4.11. The van der Waals surface area contributed by atoms with E-state index in [1.807, 2.05) is 11.3 Å². The van der Waals surface area contributed by atoms with Crippen LogP contribution in [0.5, 0.6) is 0 Å². The Bertz CT molecular complexity index is 331. The topological polar surface area (TPSA) is 12.0 Å². The van der Waals surface area contributed by atoms with Gasteiger partial charge in [-0.3, -0.25) is 0 Å². The highest BCUT2D eigenvalue weighted by atomic mass is 32.1. The van der Waals surface area contributed by atoms with Crippen LogP contribution < -0.4 is 5.32 Å². The molecule has 0 aromatic carbocycles. The van der Waals surface area contributed by atoms with Crippen molar-refractivity contribution in [2.75, 3.05) is 6.54 Å². The molecule has 0 bridgehead atoms. The van der Waals surface area contributed by atoms with Crippen LogP contribution in [0.4, 0.5) is 0 Å². The van der Waals surface area contributed by atoms with Crippen LogP contribution in [0.1, 0.15) is 57.2 Å². The molecule has 1 heterocycles. The predicted molar refractivity (Wildman–Crippen MR) is 81.3 cm³/mol. The van der Waals surface area contributed by atoms with E-state index in [1.165, 1.54) is 32.2 Å². The summed E-state index contributed by atoms with van der Waals surface area (Å²) < 4.78 is 0. The van der Waals surface area contributed by atoms with Crippen molar-refractivity contribution < 1.29 is 0 Å². The van der Waals surface area contributed by atoms with Crippen LogP contribution in [-0.4, -0.2) is 12.6 Å². The first kappa shape index (κ1) is 14.1. The number of thiophene rings is 1. The second-order valence-electron chi connectivity index (χ2n) is 6.03. The number of nitrogens with one attached hydrogen (secondary N) is 1. The molecular formula is C16H27NS. The van der Waals surface area contributed by atoms with Crippen molar-refractivity contribution >= 4 is 11.3 Å². The second kappa shape index (κ2) is 6.72. The van der Waals surface area contributed by atoms with Gasteiger partial charge in [0, 0.05) is 10.9 Å². The van der Waals surface area contributed by atoms with E-state index in [0.717, 1.165) is 17.8 Å². The lowest BCUT2D eigenvalue weighted by Crippen LogP contribution is -2.34. The van der Waals surface area contributed by atoms with Crippen molar-refractivity contribution in [1.82, 2.24) is 5.32 Å². The van der Waals surface area contributed by atoms with Gasteiger partial charge in [0.1, 0.15) is 0 Å². The lowest BCUT2D eigenvalue weighted by molar-refractivity contribution is 0.225. The zero-order valence-corrected chi connectivity index (χ0v) is 12.8. The first-order chi connectivity index (χ1) is 8.70. The third-order valence-electron chi connectivity index (χ3n) is 4.38. The molecule has 0 spiro atoms. The normalized spacial score (nSPS) is 28.8. The van der Waals surface area contributed by atoms with Gasteiger partial charge in [0.15, 0.2) is 0 Å². The van der Waals surface area contributed by atoms with Crippen molar-refractivity contribution in [3.05, 3.63) is 22.4 Å². The molecule has 1 saturated carbocycles. The molecule has 0 saturated heterocycles. The van der Waals surface area contributed by atoms with E-state index < -0.39 is 0 Å². The van der Waals surface area contributed by atoms with E-state index in [2.05, 4.69) is 43.6 Å². The van der Waals surface area contributed by atoms with Gasteiger partial charge in [0.25, 0.3) is 0 Å². The average molecular weight is 265 g/mol. The van der Waals surface area contributed by atoms with Crippen LogP contribution in [-0.2, 0) is 0 Å². The van der Waals surface area contributed by atoms with E-state index in [1.54, 1.807) is 4.88 Å². The molecule has 1 N–H and O–H groups in total. The molecule has 3 atom stereocenters. The van der Waals surface area contributed by atoms with Gasteiger partial charge in [-0.2, -0.15) is 0 Å². The molecular weight excluding hydrogens is 238 g/mol. The molecule has 1 fully saturated rings. The molecule has 1 nitrogen and oxygen atoms in total. The van der Waals surface area contributed by atoms with Crippen LogP contribution in [0.3, 0.4) is 0 Å². The van der Waals surface area contributed by atoms with Crippen LogP contribution in [0, 0.1) is 11.8 Å². The van der Waals surface area contributed by atoms with Gasteiger partial charge in [-0.05, 0) is 48.6 Å². The van der Waals surface area contributed by atoms with Gasteiger partial charge >= 0.3 is 0 Å². The summed E-state index contributed by atoms with van der Waals surface area (Å²) in [6.45, 7) is 8.04. The zero-order chi connectivity index (χ0) is 13.0. The lowest BCUT2D eigenvalue weighted by atomic mass is 9.72. The fourth-order valence-electron chi connectivity index (χ4n) is 3.17. The molecule has 0 aliphatic heterocycles. The Morgan fingerprint density at radius 1 is 1.39 bits per heavy atom. The van der Waals surface area contributed by atoms with E-state index in [4.69, 9.17) is 0 Å². The monoisotopic (exact) mass is 265 g/mol. The van der Waals surface area contributed by atoms with Crippen LogP contribution in [0.2, 0.25) is 0 Å². The Balaban J connectivity index is 2.02. The van der Waals surface area contributed by atoms with Crippen LogP contribution >= 0.6 is 11.3 Å². The molecule has 0 amide bonds. The van der Waals surface area contributed by atoms with Gasteiger partial charge in [0.2, 0.25) is 0 Å². The number of rotatable bonds is 5. The van der Waals surface area contributed by atoms with E-state index in [-0.39, 0.29) is 0 Å². The summed E-state index contributed by atoms with van der Waals surface area (Å²) in [6, 6.07) is 5.16. The molecule has 0 radical (unpaired) electrons. The largest absolute Gasteiger partial charge is 0.314 e. The van der Waals surface area contributed by atoms with Crippen molar-refractivity contribution in [3.8, 4) is 0 Å². The maximum atomic E-state index is 3.64. The fraction of sp³-hybridized carbons (Fsp3) is 0.750. The molecule has 18 heavy (non-hydrogen) atoms. The molecule has 1 aliphatic rings.